The molecule has 0 radical (unpaired) electrons. The first-order valence-corrected chi connectivity index (χ1v) is 7.54. The Morgan fingerprint density at radius 1 is 1.05 bits per heavy atom. The lowest BCUT2D eigenvalue weighted by atomic mass is 10.1. The molecule has 2 rings (SSSR count). The van der Waals surface area contributed by atoms with E-state index >= 15 is 0 Å². The van der Waals surface area contributed by atoms with E-state index in [1.54, 1.807) is 12.4 Å². The number of hydrogen-bond acceptors (Lipinski definition) is 4. The molecule has 0 amide bonds. The van der Waals surface area contributed by atoms with E-state index < -0.39 is 0 Å². The van der Waals surface area contributed by atoms with Gasteiger partial charge >= 0.3 is 0 Å². The first-order valence-electron chi connectivity index (χ1n) is 7.54. The van der Waals surface area contributed by atoms with E-state index in [1.165, 1.54) is 5.69 Å². The molecule has 4 nitrogen and oxygen atoms in total. The quantitative estimate of drug-likeness (QED) is 0.876. The average Bonchev–Trinajstić information content (AvgIpc) is 2.50. The highest BCUT2D eigenvalue weighted by molar-refractivity contribution is 5.55. The fraction of sp³-hybridized carbons (Fsp3) is 0.412. The van der Waals surface area contributed by atoms with Crippen LogP contribution in [0.4, 0.5) is 11.4 Å². The Labute approximate surface area is 127 Å². The predicted octanol–water partition coefficient (Wildman–Crippen LogP) is 3.80. The van der Waals surface area contributed by atoms with Crippen LogP contribution in [0.2, 0.25) is 0 Å². The van der Waals surface area contributed by atoms with E-state index in [4.69, 9.17) is 0 Å². The largest absolute Gasteiger partial charge is 0.377 e. The predicted molar refractivity (Wildman–Crippen MR) is 88.8 cm³/mol. The second-order valence-corrected chi connectivity index (χ2v) is 5.11. The molecule has 0 aliphatic heterocycles. The first kappa shape index (κ1) is 15.3. The van der Waals surface area contributed by atoms with Crippen LogP contribution >= 0.6 is 0 Å². The van der Waals surface area contributed by atoms with Crippen molar-refractivity contribution in [1.29, 1.82) is 0 Å². The van der Waals surface area contributed by atoms with Gasteiger partial charge in [-0.1, -0.05) is 0 Å². The minimum absolute atomic E-state index is 0.137. The highest BCUT2D eigenvalue weighted by Gasteiger charge is 2.10. The zero-order valence-corrected chi connectivity index (χ0v) is 13.3. The summed E-state index contributed by atoms with van der Waals surface area (Å²) < 4.78 is 0. The third-order valence-corrected chi connectivity index (χ3v) is 3.71. The van der Waals surface area contributed by atoms with Gasteiger partial charge in [-0.05, 0) is 52.0 Å². The van der Waals surface area contributed by atoms with Crippen molar-refractivity contribution in [3.63, 3.8) is 0 Å². The van der Waals surface area contributed by atoms with Crippen LogP contribution in [0, 0.1) is 6.92 Å². The minimum Gasteiger partial charge on any atom is -0.377 e. The number of rotatable bonds is 6. The van der Waals surface area contributed by atoms with Crippen LogP contribution in [0.3, 0.4) is 0 Å². The Bertz CT molecular complexity index is 561. The molecule has 0 bridgehead atoms. The van der Waals surface area contributed by atoms with Crippen molar-refractivity contribution in [3.8, 4) is 0 Å². The minimum atomic E-state index is 0.137. The molecule has 21 heavy (non-hydrogen) atoms. The van der Waals surface area contributed by atoms with Gasteiger partial charge in [0.2, 0.25) is 0 Å². The van der Waals surface area contributed by atoms with E-state index in [0.29, 0.717) is 0 Å². The number of nitrogens with one attached hydrogen (secondary N) is 1. The van der Waals surface area contributed by atoms with Gasteiger partial charge in [-0.25, -0.2) is 0 Å². The van der Waals surface area contributed by atoms with Crippen molar-refractivity contribution < 1.29 is 0 Å². The highest BCUT2D eigenvalue weighted by atomic mass is 15.1. The summed E-state index contributed by atoms with van der Waals surface area (Å²) in [5.41, 5.74) is 4.32. The Balaban J connectivity index is 2.08. The highest BCUT2D eigenvalue weighted by Crippen LogP contribution is 2.22. The Morgan fingerprint density at radius 3 is 2.24 bits per heavy atom. The van der Waals surface area contributed by atoms with Crippen LogP contribution in [0.1, 0.15) is 38.2 Å². The van der Waals surface area contributed by atoms with Crippen LogP contribution in [0.5, 0.6) is 0 Å². The molecular formula is C17H24N4. The third kappa shape index (κ3) is 3.72. The van der Waals surface area contributed by atoms with Crippen LogP contribution < -0.4 is 10.2 Å². The number of aromatic nitrogens is 2. The number of benzene rings is 1. The molecular weight excluding hydrogens is 260 g/mol. The third-order valence-electron chi connectivity index (χ3n) is 3.71. The first-order chi connectivity index (χ1) is 10.2. The molecule has 1 aromatic heterocycles. The fourth-order valence-electron chi connectivity index (χ4n) is 2.52. The van der Waals surface area contributed by atoms with Gasteiger partial charge in [0.25, 0.3) is 0 Å². The van der Waals surface area contributed by atoms with Crippen molar-refractivity contribution >= 4 is 11.4 Å². The van der Waals surface area contributed by atoms with Gasteiger partial charge in [0, 0.05) is 36.9 Å². The molecule has 1 N–H and O–H groups in total. The maximum absolute atomic E-state index is 4.41. The van der Waals surface area contributed by atoms with Gasteiger partial charge in [0.15, 0.2) is 0 Å². The summed E-state index contributed by atoms with van der Waals surface area (Å²) in [5.74, 6) is 0. The lowest BCUT2D eigenvalue weighted by Gasteiger charge is -2.22. The molecule has 2 aromatic rings. The van der Waals surface area contributed by atoms with Crippen molar-refractivity contribution in [2.75, 3.05) is 23.3 Å². The summed E-state index contributed by atoms with van der Waals surface area (Å²) in [5, 5.41) is 3.48. The van der Waals surface area contributed by atoms with E-state index in [-0.39, 0.29) is 6.04 Å². The molecule has 112 valence electrons. The molecule has 0 saturated heterocycles. The van der Waals surface area contributed by atoms with Crippen molar-refractivity contribution in [2.45, 2.75) is 33.7 Å². The second kappa shape index (κ2) is 7.07. The zero-order valence-electron chi connectivity index (χ0n) is 13.3. The van der Waals surface area contributed by atoms with E-state index in [1.807, 2.05) is 6.92 Å². The van der Waals surface area contributed by atoms with E-state index in [9.17, 15) is 0 Å². The molecule has 1 aromatic carbocycles. The molecule has 0 saturated carbocycles. The van der Waals surface area contributed by atoms with Crippen molar-refractivity contribution in [1.82, 2.24) is 9.97 Å². The summed E-state index contributed by atoms with van der Waals surface area (Å²) in [7, 11) is 0. The monoisotopic (exact) mass is 284 g/mol. The number of hydrogen-bond donors (Lipinski definition) is 1. The van der Waals surface area contributed by atoms with Gasteiger partial charge in [-0.3, -0.25) is 9.97 Å². The van der Waals surface area contributed by atoms with Crippen LogP contribution in [0.15, 0.2) is 36.7 Å². The van der Waals surface area contributed by atoms with E-state index in [2.05, 4.69) is 65.2 Å². The fourth-order valence-corrected chi connectivity index (χ4v) is 2.52. The van der Waals surface area contributed by atoms with Crippen LogP contribution in [0.25, 0.3) is 0 Å². The van der Waals surface area contributed by atoms with Crippen LogP contribution in [-0.4, -0.2) is 23.1 Å². The maximum Gasteiger partial charge on any atom is 0.0835 e. The summed E-state index contributed by atoms with van der Waals surface area (Å²) in [6.07, 6.45) is 3.47. The molecule has 0 aliphatic rings. The normalized spacial score (nSPS) is 12.0. The molecule has 0 spiro atoms. The van der Waals surface area contributed by atoms with Gasteiger partial charge < -0.3 is 10.2 Å². The summed E-state index contributed by atoms with van der Waals surface area (Å²) in [6, 6.07) is 8.70. The van der Waals surface area contributed by atoms with Crippen LogP contribution in [-0.2, 0) is 0 Å². The number of nitrogens with zero attached hydrogens (tertiary/aromatic N) is 3. The average molecular weight is 284 g/mol. The van der Waals surface area contributed by atoms with Crippen molar-refractivity contribution in [3.05, 3.63) is 48.0 Å². The molecule has 1 unspecified atom stereocenters. The number of aryl methyl sites for hydroxylation is 1. The molecule has 0 fully saturated rings. The Morgan fingerprint density at radius 2 is 1.67 bits per heavy atom. The van der Waals surface area contributed by atoms with Crippen molar-refractivity contribution in [2.24, 2.45) is 0 Å². The van der Waals surface area contributed by atoms with Gasteiger partial charge in [-0.15, -0.1) is 0 Å². The van der Waals surface area contributed by atoms with E-state index in [0.717, 1.165) is 30.2 Å². The Hall–Kier alpha value is -2.10. The topological polar surface area (TPSA) is 41.0 Å². The van der Waals surface area contributed by atoms with Gasteiger partial charge in [-0.2, -0.15) is 0 Å². The lowest BCUT2D eigenvalue weighted by Crippen LogP contribution is -2.21. The maximum atomic E-state index is 4.41. The Kier molecular flexibility index (Phi) is 5.14. The molecule has 1 atom stereocenters. The van der Waals surface area contributed by atoms with Gasteiger partial charge in [0.05, 0.1) is 17.4 Å². The molecule has 4 heteroatoms. The standard InChI is InChI=1S/C17H24N4/c1-5-21(6-2)16-9-7-15(8-10-16)20-14(4)17-13(3)18-11-12-19-17/h7-12,14,20H,5-6H2,1-4H3. The van der Waals surface area contributed by atoms with Gasteiger partial charge in [0.1, 0.15) is 0 Å². The lowest BCUT2D eigenvalue weighted by molar-refractivity contribution is 0.809. The molecule has 1 heterocycles. The second-order valence-electron chi connectivity index (χ2n) is 5.11. The summed E-state index contributed by atoms with van der Waals surface area (Å²) >= 11 is 0. The number of anilines is 2. The molecule has 0 aliphatic carbocycles. The SMILES string of the molecule is CCN(CC)c1ccc(NC(C)c2nccnc2C)cc1. The smallest absolute Gasteiger partial charge is 0.0835 e. The summed E-state index contributed by atoms with van der Waals surface area (Å²) in [4.78, 5) is 11.0. The summed E-state index contributed by atoms with van der Waals surface area (Å²) in [6.45, 7) is 10.5. The zero-order chi connectivity index (χ0) is 15.2.